The molecule has 0 saturated carbocycles. The van der Waals surface area contributed by atoms with Crippen LogP contribution < -0.4 is 5.90 Å². The van der Waals surface area contributed by atoms with Gasteiger partial charge in [0.1, 0.15) is 0 Å². The molecule has 4 nitrogen and oxygen atoms in total. The molecule has 0 bridgehead atoms. The number of nitrogens with two attached hydrogens (primary N) is 1. The molecule has 2 rings (SSSR count). The molecule has 0 aliphatic carbocycles. The molecule has 2 N–H and O–H groups in total. The standard InChI is InChI=1S/C12H15ClN2O2/c13-11-3-1-10(2-4-11)12(16)15-6-5-9(7-15)8-17-14/h1-4,9H,5-8,14H2. The fraction of sp³-hybridized carbons (Fsp3) is 0.417. The Labute approximate surface area is 105 Å². The zero-order valence-electron chi connectivity index (χ0n) is 9.43. The zero-order valence-corrected chi connectivity index (χ0v) is 10.2. The number of carbonyl (C=O) groups is 1. The molecular weight excluding hydrogens is 240 g/mol. The third-order valence-corrected chi connectivity index (χ3v) is 3.25. The average molecular weight is 255 g/mol. The molecule has 17 heavy (non-hydrogen) atoms. The molecule has 1 saturated heterocycles. The van der Waals surface area contributed by atoms with Crippen LogP contribution in [0.25, 0.3) is 0 Å². The molecule has 5 heteroatoms. The van der Waals surface area contributed by atoms with Gasteiger partial charge in [-0.15, -0.1) is 0 Å². The van der Waals surface area contributed by atoms with Crippen LogP contribution in [0.15, 0.2) is 24.3 Å². The summed E-state index contributed by atoms with van der Waals surface area (Å²) in [4.78, 5) is 18.6. The number of rotatable bonds is 3. The first-order chi connectivity index (χ1) is 8.20. The Morgan fingerprint density at radius 2 is 2.18 bits per heavy atom. The van der Waals surface area contributed by atoms with Crippen LogP contribution >= 0.6 is 11.6 Å². The van der Waals surface area contributed by atoms with Crippen molar-refractivity contribution in [2.24, 2.45) is 11.8 Å². The van der Waals surface area contributed by atoms with Crippen LogP contribution in [0.5, 0.6) is 0 Å². The Morgan fingerprint density at radius 3 is 2.82 bits per heavy atom. The fourth-order valence-electron chi connectivity index (χ4n) is 2.06. The summed E-state index contributed by atoms with van der Waals surface area (Å²) >= 11 is 5.79. The van der Waals surface area contributed by atoms with Crippen LogP contribution in [0.3, 0.4) is 0 Å². The second kappa shape index (κ2) is 5.49. The third kappa shape index (κ3) is 2.97. The molecule has 1 unspecified atom stereocenters. The third-order valence-electron chi connectivity index (χ3n) is 3.00. The van der Waals surface area contributed by atoms with Crippen LogP contribution in [0.2, 0.25) is 5.02 Å². The van der Waals surface area contributed by atoms with Crippen molar-refractivity contribution in [1.82, 2.24) is 4.90 Å². The van der Waals surface area contributed by atoms with E-state index in [-0.39, 0.29) is 5.91 Å². The summed E-state index contributed by atoms with van der Waals surface area (Å²) in [5, 5.41) is 0.636. The summed E-state index contributed by atoms with van der Waals surface area (Å²) in [6.45, 7) is 1.97. The summed E-state index contributed by atoms with van der Waals surface area (Å²) in [7, 11) is 0. The highest BCUT2D eigenvalue weighted by Crippen LogP contribution is 2.19. The minimum Gasteiger partial charge on any atom is -0.338 e. The SMILES string of the molecule is NOCC1CCN(C(=O)c2ccc(Cl)cc2)C1. The van der Waals surface area contributed by atoms with Crippen molar-refractivity contribution < 1.29 is 9.63 Å². The van der Waals surface area contributed by atoms with Gasteiger partial charge in [-0.2, -0.15) is 0 Å². The first kappa shape index (κ1) is 12.4. The van der Waals surface area contributed by atoms with Crippen molar-refractivity contribution in [3.63, 3.8) is 0 Å². The van der Waals surface area contributed by atoms with Gasteiger partial charge in [0.05, 0.1) is 6.61 Å². The average Bonchev–Trinajstić information content (AvgIpc) is 2.78. The van der Waals surface area contributed by atoms with Gasteiger partial charge in [-0.3, -0.25) is 4.79 Å². The van der Waals surface area contributed by atoms with Crippen LogP contribution in [0.4, 0.5) is 0 Å². The van der Waals surface area contributed by atoms with E-state index in [2.05, 4.69) is 4.84 Å². The highest BCUT2D eigenvalue weighted by molar-refractivity contribution is 6.30. The fourth-order valence-corrected chi connectivity index (χ4v) is 2.19. The Balaban J connectivity index is 1.99. The van der Waals surface area contributed by atoms with Gasteiger partial charge in [0.15, 0.2) is 0 Å². The first-order valence-corrected chi connectivity index (χ1v) is 5.95. The maximum absolute atomic E-state index is 12.1. The lowest BCUT2D eigenvalue weighted by Crippen LogP contribution is -2.29. The monoisotopic (exact) mass is 254 g/mol. The van der Waals surface area contributed by atoms with Gasteiger partial charge in [-0.25, -0.2) is 5.90 Å². The van der Waals surface area contributed by atoms with E-state index in [0.717, 1.165) is 13.0 Å². The van der Waals surface area contributed by atoms with Gasteiger partial charge in [-0.05, 0) is 30.7 Å². The number of hydrogen-bond donors (Lipinski definition) is 1. The molecule has 1 aromatic carbocycles. The van der Waals surface area contributed by atoms with Crippen molar-refractivity contribution in [1.29, 1.82) is 0 Å². The summed E-state index contributed by atoms with van der Waals surface area (Å²) in [6.07, 6.45) is 0.941. The largest absolute Gasteiger partial charge is 0.338 e. The van der Waals surface area contributed by atoms with E-state index < -0.39 is 0 Å². The summed E-state index contributed by atoms with van der Waals surface area (Å²) in [6, 6.07) is 6.95. The van der Waals surface area contributed by atoms with Crippen LogP contribution in [-0.4, -0.2) is 30.5 Å². The Morgan fingerprint density at radius 1 is 1.47 bits per heavy atom. The normalized spacial score (nSPS) is 19.6. The van der Waals surface area contributed by atoms with E-state index in [0.29, 0.717) is 29.7 Å². The van der Waals surface area contributed by atoms with Crippen LogP contribution in [0, 0.1) is 5.92 Å². The highest BCUT2D eigenvalue weighted by Gasteiger charge is 2.26. The molecule has 1 fully saturated rings. The molecule has 1 aromatic rings. The summed E-state index contributed by atoms with van der Waals surface area (Å²) < 4.78 is 0. The lowest BCUT2D eigenvalue weighted by Gasteiger charge is -2.16. The Bertz CT molecular complexity index is 394. The number of benzene rings is 1. The molecule has 1 aliphatic heterocycles. The van der Waals surface area contributed by atoms with Gasteiger partial charge < -0.3 is 9.74 Å². The van der Waals surface area contributed by atoms with Crippen LogP contribution in [-0.2, 0) is 4.84 Å². The minimum absolute atomic E-state index is 0.0428. The van der Waals surface area contributed by atoms with E-state index in [9.17, 15) is 4.79 Å². The first-order valence-electron chi connectivity index (χ1n) is 5.57. The second-order valence-corrected chi connectivity index (χ2v) is 4.68. The predicted molar refractivity (Wildman–Crippen MR) is 65.6 cm³/mol. The van der Waals surface area contributed by atoms with Crippen molar-refractivity contribution in [3.05, 3.63) is 34.9 Å². The summed E-state index contributed by atoms with van der Waals surface area (Å²) in [5.74, 6) is 5.43. The maximum Gasteiger partial charge on any atom is 0.253 e. The summed E-state index contributed by atoms with van der Waals surface area (Å²) in [5.41, 5.74) is 0.670. The van der Waals surface area contributed by atoms with Crippen LogP contribution in [0.1, 0.15) is 16.8 Å². The smallest absolute Gasteiger partial charge is 0.253 e. The Hall–Kier alpha value is -1.10. The number of hydrogen-bond acceptors (Lipinski definition) is 3. The van der Waals surface area contributed by atoms with E-state index in [4.69, 9.17) is 17.5 Å². The van der Waals surface area contributed by atoms with E-state index in [1.807, 2.05) is 4.90 Å². The molecule has 1 heterocycles. The number of likely N-dealkylation sites (tertiary alicyclic amines) is 1. The number of halogens is 1. The lowest BCUT2D eigenvalue weighted by molar-refractivity contribution is 0.0754. The van der Waals surface area contributed by atoms with Crippen molar-refractivity contribution in [3.8, 4) is 0 Å². The molecular formula is C12H15ClN2O2. The molecule has 1 atom stereocenters. The Kier molecular flexibility index (Phi) is 3.99. The molecule has 0 radical (unpaired) electrons. The highest BCUT2D eigenvalue weighted by atomic mass is 35.5. The zero-order chi connectivity index (χ0) is 12.3. The molecule has 0 spiro atoms. The number of nitrogens with zero attached hydrogens (tertiary/aromatic N) is 1. The van der Waals surface area contributed by atoms with Gasteiger partial charge in [-0.1, -0.05) is 11.6 Å². The van der Waals surface area contributed by atoms with Gasteiger partial charge >= 0.3 is 0 Å². The van der Waals surface area contributed by atoms with E-state index >= 15 is 0 Å². The minimum atomic E-state index is 0.0428. The van der Waals surface area contributed by atoms with Gasteiger partial charge in [0.2, 0.25) is 0 Å². The molecule has 1 amide bonds. The van der Waals surface area contributed by atoms with Gasteiger partial charge in [0, 0.05) is 29.6 Å². The lowest BCUT2D eigenvalue weighted by atomic mass is 10.1. The molecule has 0 aromatic heterocycles. The molecule has 1 aliphatic rings. The second-order valence-electron chi connectivity index (χ2n) is 4.25. The van der Waals surface area contributed by atoms with Crippen molar-refractivity contribution in [2.75, 3.05) is 19.7 Å². The van der Waals surface area contributed by atoms with Crippen molar-refractivity contribution >= 4 is 17.5 Å². The van der Waals surface area contributed by atoms with Crippen molar-refractivity contribution in [2.45, 2.75) is 6.42 Å². The quantitative estimate of drug-likeness (QED) is 0.836. The number of carbonyl (C=O) groups excluding carboxylic acids is 1. The predicted octanol–water partition coefficient (Wildman–Crippen LogP) is 1.69. The number of amides is 1. The van der Waals surface area contributed by atoms with E-state index in [1.165, 1.54) is 0 Å². The van der Waals surface area contributed by atoms with Gasteiger partial charge in [0.25, 0.3) is 5.91 Å². The maximum atomic E-state index is 12.1. The van der Waals surface area contributed by atoms with E-state index in [1.54, 1.807) is 24.3 Å². The topological polar surface area (TPSA) is 55.6 Å². The molecule has 92 valence electrons.